The van der Waals surface area contributed by atoms with Gasteiger partial charge in [0.2, 0.25) is 0 Å². The number of rotatable bonds is 1. The van der Waals surface area contributed by atoms with Gasteiger partial charge in [0.05, 0.1) is 12.2 Å². The molecule has 1 spiro atoms. The molecule has 2 fully saturated rings. The number of thioether (sulfide) groups is 1. The van der Waals surface area contributed by atoms with Crippen molar-refractivity contribution < 1.29 is 13.9 Å². The van der Waals surface area contributed by atoms with Gasteiger partial charge in [-0.3, -0.25) is 4.79 Å². The molecule has 2 aliphatic rings. The first-order valence-corrected chi connectivity index (χ1v) is 7.72. The van der Waals surface area contributed by atoms with Crippen molar-refractivity contribution in [3.63, 3.8) is 0 Å². The predicted molar refractivity (Wildman–Crippen MR) is 74.5 cm³/mol. The maximum Gasteiger partial charge on any atom is 0.257 e. The zero-order chi connectivity index (χ0) is 13.5. The zero-order valence-electron chi connectivity index (χ0n) is 11.4. The number of carbonyl (C=O) groups is 1. The second-order valence-corrected chi connectivity index (χ2v) is 6.67. The molecule has 0 N–H and O–H groups in total. The van der Waals surface area contributed by atoms with Crippen molar-refractivity contribution in [2.24, 2.45) is 0 Å². The number of nitrogens with zero attached hydrogens (tertiary/aromatic N) is 1. The van der Waals surface area contributed by atoms with Gasteiger partial charge in [0.15, 0.2) is 0 Å². The van der Waals surface area contributed by atoms with Gasteiger partial charge in [0.1, 0.15) is 16.5 Å². The number of hydrogen-bond donors (Lipinski definition) is 0. The molecular formula is C14H19NO3S. The van der Waals surface area contributed by atoms with E-state index in [-0.39, 0.29) is 10.8 Å². The Bertz CT molecular complexity index is 481. The highest BCUT2D eigenvalue weighted by atomic mass is 32.2. The summed E-state index contributed by atoms with van der Waals surface area (Å²) in [5.74, 6) is 2.68. The van der Waals surface area contributed by atoms with Gasteiger partial charge in [-0.25, -0.2) is 0 Å². The van der Waals surface area contributed by atoms with E-state index in [9.17, 15) is 4.79 Å². The van der Waals surface area contributed by atoms with E-state index in [0.29, 0.717) is 11.3 Å². The number of hydrogen-bond acceptors (Lipinski definition) is 4. The summed E-state index contributed by atoms with van der Waals surface area (Å²) < 4.78 is 11.3. The van der Waals surface area contributed by atoms with Crippen LogP contribution in [0.25, 0.3) is 0 Å². The van der Waals surface area contributed by atoms with Crippen LogP contribution in [0.15, 0.2) is 10.5 Å². The Hall–Kier alpha value is -0.940. The molecule has 0 saturated carbocycles. The Morgan fingerprint density at radius 2 is 2.11 bits per heavy atom. The van der Waals surface area contributed by atoms with Crippen LogP contribution >= 0.6 is 11.8 Å². The molecule has 1 aromatic rings. The molecule has 0 bridgehead atoms. The van der Waals surface area contributed by atoms with E-state index < -0.39 is 0 Å². The summed E-state index contributed by atoms with van der Waals surface area (Å²) in [5.41, 5.74) is 0.702. The third-order valence-corrected chi connectivity index (χ3v) is 5.32. The summed E-state index contributed by atoms with van der Waals surface area (Å²) in [6.07, 6.45) is 1.86. The third kappa shape index (κ3) is 2.41. The molecule has 5 heteroatoms. The molecule has 3 rings (SSSR count). The Kier molecular flexibility index (Phi) is 3.35. The molecule has 0 radical (unpaired) electrons. The minimum Gasteiger partial charge on any atom is -0.466 e. The van der Waals surface area contributed by atoms with Gasteiger partial charge < -0.3 is 14.1 Å². The largest absolute Gasteiger partial charge is 0.466 e. The molecule has 0 aromatic carbocycles. The first-order chi connectivity index (χ1) is 9.10. The Balaban J connectivity index is 1.68. The molecule has 4 nitrogen and oxygen atoms in total. The van der Waals surface area contributed by atoms with Gasteiger partial charge in [0.25, 0.3) is 5.91 Å². The maximum atomic E-state index is 12.5. The van der Waals surface area contributed by atoms with Crippen molar-refractivity contribution in [1.82, 2.24) is 4.90 Å². The lowest BCUT2D eigenvalue weighted by atomic mass is 10.1. The number of ether oxygens (including phenoxy) is 1. The van der Waals surface area contributed by atoms with Crippen molar-refractivity contribution in [2.45, 2.75) is 31.6 Å². The monoisotopic (exact) mass is 281 g/mol. The number of aryl methyl sites for hydroxylation is 2. The van der Waals surface area contributed by atoms with Gasteiger partial charge in [-0.1, -0.05) is 0 Å². The van der Waals surface area contributed by atoms with E-state index in [1.165, 1.54) is 0 Å². The highest BCUT2D eigenvalue weighted by molar-refractivity contribution is 8.00. The minimum atomic E-state index is -0.0157. The number of furan rings is 1. The summed E-state index contributed by atoms with van der Waals surface area (Å²) in [7, 11) is 0. The lowest BCUT2D eigenvalue weighted by molar-refractivity contribution is 0.00349. The van der Waals surface area contributed by atoms with Gasteiger partial charge >= 0.3 is 0 Å². The molecule has 0 unspecified atom stereocenters. The summed E-state index contributed by atoms with van der Waals surface area (Å²) in [5, 5.41) is 0. The van der Waals surface area contributed by atoms with Crippen LogP contribution in [0.1, 0.15) is 34.7 Å². The average molecular weight is 281 g/mol. The summed E-state index contributed by atoms with van der Waals surface area (Å²) in [6, 6.07) is 1.84. The molecular weight excluding hydrogens is 262 g/mol. The van der Waals surface area contributed by atoms with Crippen LogP contribution in [0.4, 0.5) is 0 Å². The van der Waals surface area contributed by atoms with Crippen molar-refractivity contribution in [3.8, 4) is 0 Å². The lowest BCUT2D eigenvalue weighted by Crippen LogP contribution is -2.45. The highest BCUT2D eigenvalue weighted by Crippen LogP contribution is 2.41. The molecule has 1 aromatic heterocycles. The van der Waals surface area contributed by atoms with Crippen molar-refractivity contribution in [1.29, 1.82) is 0 Å². The first-order valence-electron chi connectivity index (χ1n) is 6.74. The zero-order valence-corrected chi connectivity index (χ0v) is 12.2. The normalized spacial score (nSPS) is 22.1. The van der Waals surface area contributed by atoms with Gasteiger partial charge in [-0.05, 0) is 19.9 Å². The smallest absolute Gasteiger partial charge is 0.257 e. The molecule has 2 saturated heterocycles. The number of likely N-dealkylation sites (tertiary alicyclic amines) is 1. The van der Waals surface area contributed by atoms with Crippen LogP contribution in [0.5, 0.6) is 0 Å². The average Bonchev–Trinajstić information content (AvgIpc) is 2.97. The van der Waals surface area contributed by atoms with E-state index in [0.717, 1.165) is 44.1 Å². The third-order valence-electron chi connectivity index (χ3n) is 3.90. The van der Waals surface area contributed by atoms with Gasteiger partial charge in [-0.15, -0.1) is 11.8 Å². The SMILES string of the molecule is Cc1cc(C(=O)N2CCC3(CC2)OCCS3)c(C)o1. The molecule has 3 heterocycles. The minimum absolute atomic E-state index is 0.0157. The molecule has 2 aliphatic heterocycles. The summed E-state index contributed by atoms with van der Waals surface area (Å²) >= 11 is 1.90. The highest BCUT2D eigenvalue weighted by Gasteiger charge is 2.40. The topological polar surface area (TPSA) is 42.7 Å². The quantitative estimate of drug-likeness (QED) is 0.793. The van der Waals surface area contributed by atoms with Crippen LogP contribution in [-0.2, 0) is 4.74 Å². The first kappa shape index (κ1) is 13.1. The van der Waals surface area contributed by atoms with Gasteiger partial charge in [0, 0.05) is 31.7 Å². The molecule has 0 atom stereocenters. The number of piperidine rings is 1. The molecule has 0 aliphatic carbocycles. The maximum absolute atomic E-state index is 12.5. The Morgan fingerprint density at radius 1 is 1.37 bits per heavy atom. The predicted octanol–water partition coefficient (Wildman–Crippen LogP) is 2.59. The van der Waals surface area contributed by atoms with Crippen LogP contribution in [-0.4, -0.2) is 41.2 Å². The fourth-order valence-corrected chi connectivity index (χ4v) is 4.03. The Morgan fingerprint density at radius 3 is 2.63 bits per heavy atom. The fourth-order valence-electron chi connectivity index (χ4n) is 2.85. The van der Waals surface area contributed by atoms with E-state index in [2.05, 4.69) is 0 Å². The van der Waals surface area contributed by atoms with Gasteiger partial charge in [-0.2, -0.15) is 0 Å². The molecule has 1 amide bonds. The van der Waals surface area contributed by atoms with E-state index >= 15 is 0 Å². The van der Waals surface area contributed by atoms with Crippen LogP contribution < -0.4 is 0 Å². The van der Waals surface area contributed by atoms with Crippen molar-refractivity contribution in [3.05, 3.63) is 23.2 Å². The van der Waals surface area contributed by atoms with Crippen LogP contribution in [0, 0.1) is 13.8 Å². The Labute approximate surface area is 117 Å². The number of carbonyl (C=O) groups excluding carboxylic acids is 1. The second kappa shape index (κ2) is 4.87. The molecule has 19 heavy (non-hydrogen) atoms. The lowest BCUT2D eigenvalue weighted by Gasteiger charge is -2.37. The fraction of sp³-hybridized carbons (Fsp3) is 0.643. The molecule has 104 valence electrons. The standard InChI is InChI=1S/C14H19NO3S/c1-10-9-12(11(2)18-10)13(16)15-5-3-14(4-6-15)17-7-8-19-14/h9H,3-8H2,1-2H3. The van der Waals surface area contributed by atoms with Crippen molar-refractivity contribution >= 4 is 17.7 Å². The summed E-state index contributed by atoms with van der Waals surface area (Å²) in [4.78, 5) is 14.4. The second-order valence-electron chi connectivity index (χ2n) is 5.23. The van der Waals surface area contributed by atoms with Crippen LogP contribution in [0.3, 0.4) is 0 Å². The van der Waals surface area contributed by atoms with Crippen LogP contribution in [0.2, 0.25) is 0 Å². The summed E-state index contributed by atoms with van der Waals surface area (Å²) in [6.45, 7) is 6.11. The van der Waals surface area contributed by atoms with E-state index in [4.69, 9.17) is 9.15 Å². The van der Waals surface area contributed by atoms with Crippen molar-refractivity contribution in [2.75, 3.05) is 25.4 Å². The number of amides is 1. The van der Waals surface area contributed by atoms with E-state index in [1.807, 2.05) is 36.6 Å². The van der Waals surface area contributed by atoms with E-state index in [1.54, 1.807) is 0 Å².